The molecule has 1 unspecified atom stereocenters. The van der Waals surface area contributed by atoms with E-state index in [2.05, 4.69) is 30.4 Å². The maximum Gasteiger partial charge on any atom is 0.122 e. The zero-order valence-corrected chi connectivity index (χ0v) is 12.7. The molecule has 0 spiro atoms. The zero-order chi connectivity index (χ0) is 13.8. The van der Waals surface area contributed by atoms with Gasteiger partial charge in [-0.05, 0) is 55.3 Å². The van der Waals surface area contributed by atoms with Gasteiger partial charge in [0.25, 0.3) is 0 Å². The van der Waals surface area contributed by atoms with Crippen LogP contribution in [0.15, 0.2) is 18.2 Å². The molecule has 20 heavy (non-hydrogen) atoms. The molecule has 0 bridgehead atoms. The van der Waals surface area contributed by atoms with Gasteiger partial charge in [-0.1, -0.05) is 31.9 Å². The van der Waals surface area contributed by atoms with Crippen molar-refractivity contribution < 1.29 is 4.74 Å². The summed E-state index contributed by atoms with van der Waals surface area (Å²) in [5, 5.41) is 3.74. The molecule has 2 aliphatic rings. The van der Waals surface area contributed by atoms with Gasteiger partial charge < -0.3 is 10.1 Å². The molecule has 1 aliphatic heterocycles. The standard InChI is InChI=1S/C18H27NO/c1-2-10-19-17(13-15-3-4-15)7-5-14-6-8-18-16(12-14)9-11-20-18/h6,8,12,15,17,19H,2-5,7,9-11,13H2,1H3. The van der Waals surface area contributed by atoms with Gasteiger partial charge in [-0.2, -0.15) is 0 Å². The largest absolute Gasteiger partial charge is 0.493 e. The Labute approximate surface area is 122 Å². The Balaban J connectivity index is 1.52. The lowest BCUT2D eigenvalue weighted by molar-refractivity contribution is 0.357. The first-order valence-corrected chi connectivity index (χ1v) is 8.33. The van der Waals surface area contributed by atoms with E-state index in [1.54, 1.807) is 0 Å². The van der Waals surface area contributed by atoms with E-state index in [9.17, 15) is 0 Å². The predicted octanol–water partition coefficient (Wildman–Crippen LogP) is 3.72. The topological polar surface area (TPSA) is 21.3 Å². The molecule has 1 heterocycles. The molecule has 3 rings (SSSR count). The van der Waals surface area contributed by atoms with Gasteiger partial charge in [-0.25, -0.2) is 0 Å². The Morgan fingerprint density at radius 2 is 2.25 bits per heavy atom. The van der Waals surface area contributed by atoms with E-state index in [0.29, 0.717) is 6.04 Å². The normalized spacial score (nSPS) is 18.6. The lowest BCUT2D eigenvalue weighted by Gasteiger charge is -2.18. The molecular weight excluding hydrogens is 246 g/mol. The quantitative estimate of drug-likeness (QED) is 0.779. The zero-order valence-electron chi connectivity index (χ0n) is 12.7. The van der Waals surface area contributed by atoms with E-state index in [-0.39, 0.29) is 0 Å². The summed E-state index contributed by atoms with van der Waals surface area (Å²) < 4.78 is 5.58. The number of ether oxygens (including phenoxy) is 1. The molecule has 2 nitrogen and oxygen atoms in total. The second-order valence-electron chi connectivity index (χ2n) is 6.41. The van der Waals surface area contributed by atoms with Crippen LogP contribution in [0, 0.1) is 5.92 Å². The van der Waals surface area contributed by atoms with Crippen molar-refractivity contribution in [2.24, 2.45) is 5.92 Å². The summed E-state index contributed by atoms with van der Waals surface area (Å²) in [6.45, 7) is 4.28. The van der Waals surface area contributed by atoms with E-state index >= 15 is 0 Å². The van der Waals surface area contributed by atoms with E-state index in [1.807, 2.05) is 0 Å². The van der Waals surface area contributed by atoms with Gasteiger partial charge in [0.1, 0.15) is 5.75 Å². The van der Waals surface area contributed by atoms with Crippen LogP contribution < -0.4 is 10.1 Å². The minimum atomic E-state index is 0.715. The molecular formula is C18H27NO. The van der Waals surface area contributed by atoms with Crippen LogP contribution in [-0.2, 0) is 12.8 Å². The van der Waals surface area contributed by atoms with Crippen molar-refractivity contribution in [3.63, 3.8) is 0 Å². The van der Waals surface area contributed by atoms with Crippen molar-refractivity contribution in [3.05, 3.63) is 29.3 Å². The minimum absolute atomic E-state index is 0.715. The first kappa shape index (κ1) is 13.9. The lowest BCUT2D eigenvalue weighted by Crippen LogP contribution is -2.30. The molecule has 0 aromatic heterocycles. The molecule has 0 radical (unpaired) electrons. The third-order valence-electron chi connectivity index (χ3n) is 4.53. The van der Waals surface area contributed by atoms with E-state index in [1.165, 1.54) is 49.7 Å². The highest BCUT2D eigenvalue weighted by Gasteiger charge is 2.25. The van der Waals surface area contributed by atoms with Gasteiger partial charge >= 0.3 is 0 Å². The third kappa shape index (κ3) is 3.76. The SMILES string of the molecule is CCCNC(CCc1ccc2c(c1)CCO2)CC1CC1. The molecule has 1 aliphatic carbocycles. The van der Waals surface area contributed by atoms with E-state index in [0.717, 1.165) is 31.2 Å². The molecule has 1 atom stereocenters. The van der Waals surface area contributed by atoms with Crippen LogP contribution in [0.3, 0.4) is 0 Å². The highest BCUT2D eigenvalue weighted by Crippen LogP contribution is 2.34. The van der Waals surface area contributed by atoms with Gasteiger partial charge in [0.05, 0.1) is 6.61 Å². The van der Waals surface area contributed by atoms with Crippen LogP contribution in [-0.4, -0.2) is 19.2 Å². The number of nitrogens with one attached hydrogen (secondary N) is 1. The lowest BCUT2D eigenvalue weighted by atomic mass is 9.99. The average Bonchev–Trinajstić information content (AvgIpc) is 3.16. The monoisotopic (exact) mass is 273 g/mol. The van der Waals surface area contributed by atoms with Crippen LogP contribution in [0.2, 0.25) is 0 Å². The van der Waals surface area contributed by atoms with Crippen LogP contribution in [0.25, 0.3) is 0 Å². The minimum Gasteiger partial charge on any atom is -0.493 e. The summed E-state index contributed by atoms with van der Waals surface area (Å²) in [4.78, 5) is 0. The summed E-state index contributed by atoms with van der Waals surface area (Å²) >= 11 is 0. The fourth-order valence-electron chi connectivity index (χ4n) is 3.14. The Kier molecular flexibility index (Phi) is 4.62. The number of aryl methyl sites for hydroxylation is 1. The average molecular weight is 273 g/mol. The Bertz CT molecular complexity index is 439. The second kappa shape index (κ2) is 6.62. The van der Waals surface area contributed by atoms with Gasteiger partial charge in [-0.15, -0.1) is 0 Å². The number of hydrogen-bond acceptors (Lipinski definition) is 2. The van der Waals surface area contributed by atoms with Crippen LogP contribution >= 0.6 is 0 Å². The molecule has 1 aromatic carbocycles. The number of rotatable bonds is 8. The van der Waals surface area contributed by atoms with Crippen molar-refractivity contribution in [1.82, 2.24) is 5.32 Å². The summed E-state index contributed by atoms with van der Waals surface area (Å²) in [6.07, 6.45) is 9.09. The highest BCUT2D eigenvalue weighted by molar-refractivity contribution is 5.39. The van der Waals surface area contributed by atoms with E-state index in [4.69, 9.17) is 4.74 Å². The van der Waals surface area contributed by atoms with Crippen LogP contribution in [0.4, 0.5) is 0 Å². The first-order chi connectivity index (χ1) is 9.85. The van der Waals surface area contributed by atoms with Gasteiger partial charge in [0, 0.05) is 12.5 Å². The maximum atomic E-state index is 5.58. The Morgan fingerprint density at radius 1 is 1.35 bits per heavy atom. The highest BCUT2D eigenvalue weighted by atomic mass is 16.5. The van der Waals surface area contributed by atoms with Crippen molar-refractivity contribution in [3.8, 4) is 5.75 Å². The first-order valence-electron chi connectivity index (χ1n) is 8.33. The summed E-state index contributed by atoms with van der Waals surface area (Å²) in [5.74, 6) is 2.12. The van der Waals surface area contributed by atoms with E-state index < -0.39 is 0 Å². The molecule has 1 saturated carbocycles. The number of hydrogen-bond donors (Lipinski definition) is 1. The molecule has 0 amide bonds. The fourth-order valence-corrected chi connectivity index (χ4v) is 3.14. The third-order valence-corrected chi connectivity index (χ3v) is 4.53. The Morgan fingerprint density at radius 3 is 3.05 bits per heavy atom. The van der Waals surface area contributed by atoms with Crippen molar-refractivity contribution >= 4 is 0 Å². The van der Waals surface area contributed by atoms with Gasteiger partial charge in [-0.3, -0.25) is 0 Å². The second-order valence-corrected chi connectivity index (χ2v) is 6.41. The summed E-state index contributed by atoms with van der Waals surface area (Å²) in [6, 6.07) is 7.48. The molecule has 2 heteroatoms. The van der Waals surface area contributed by atoms with Crippen molar-refractivity contribution in [1.29, 1.82) is 0 Å². The molecule has 1 fully saturated rings. The molecule has 1 aromatic rings. The molecule has 0 saturated heterocycles. The smallest absolute Gasteiger partial charge is 0.122 e. The summed E-state index contributed by atoms with van der Waals surface area (Å²) in [7, 11) is 0. The molecule has 1 N–H and O–H groups in total. The number of benzene rings is 1. The van der Waals surface area contributed by atoms with Crippen molar-refractivity contribution in [2.75, 3.05) is 13.2 Å². The Hall–Kier alpha value is -1.02. The summed E-state index contributed by atoms with van der Waals surface area (Å²) in [5.41, 5.74) is 2.89. The van der Waals surface area contributed by atoms with Gasteiger partial charge in [0.2, 0.25) is 0 Å². The predicted molar refractivity (Wildman–Crippen MR) is 83.4 cm³/mol. The van der Waals surface area contributed by atoms with Crippen molar-refractivity contribution in [2.45, 2.75) is 57.9 Å². The number of fused-ring (bicyclic) bond motifs is 1. The molecule has 110 valence electrons. The fraction of sp³-hybridized carbons (Fsp3) is 0.667. The maximum absolute atomic E-state index is 5.58. The van der Waals surface area contributed by atoms with Crippen LogP contribution in [0.5, 0.6) is 5.75 Å². The van der Waals surface area contributed by atoms with Crippen LogP contribution in [0.1, 0.15) is 50.2 Å². The van der Waals surface area contributed by atoms with Gasteiger partial charge in [0.15, 0.2) is 0 Å².